The minimum atomic E-state index is -0.135. The van der Waals surface area contributed by atoms with Gasteiger partial charge in [-0.3, -0.25) is 9.80 Å². The van der Waals surface area contributed by atoms with E-state index < -0.39 is 0 Å². The molecule has 1 aromatic heterocycles. The third kappa shape index (κ3) is 5.19. The van der Waals surface area contributed by atoms with Gasteiger partial charge < -0.3 is 14.8 Å². The standard InChI is InChI=1S/C24H24N4O3/c1-17-12-13-28(27-17)20-9-7-19(8-10-20)24(29)26-16-18-6-11-23(25-15-18)31-22-5-3-4-21(14-22)30-2/h3-11,14-15H,12-13,16H2,1-2H3,(H,26,29). The van der Waals surface area contributed by atoms with Gasteiger partial charge in [-0.15, -0.1) is 0 Å². The number of ether oxygens (including phenoxy) is 2. The van der Waals surface area contributed by atoms with Crippen LogP contribution in [0.5, 0.6) is 17.4 Å². The number of hydrogen-bond donors (Lipinski definition) is 1. The highest BCUT2D eigenvalue weighted by Gasteiger charge is 2.13. The molecule has 0 aliphatic carbocycles. The number of amides is 1. The summed E-state index contributed by atoms with van der Waals surface area (Å²) >= 11 is 0. The quantitative estimate of drug-likeness (QED) is 0.618. The maximum absolute atomic E-state index is 12.5. The lowest BCUT2D eigenvalue weighted by Gasteiger charge is -2.14. The highest BCUT2D eigenvalue weighted by Crippen LogP contribution is 2.24. The van der Waals surface area contributed by atoms with Gasteiger partial charge in [-0.25, -0.2) is 4.98 Å². The van der Waals surface area contributed by atoms with Gasteiger partial charge in [-0.2, -0.15) is 5.10 Å². The van der Waals surface area contributed by atoms with E-state index in [0.29, 0.717) is 29.5 Å². The Kier molecular flexibility index (Phi) is 6.12. The Morgan fingerprint density at radius 3 is 2.58 bits per heavy atom. The average Bonchev–Trinajstić information content (AvgIpc) is 3.25. The molecule has 2 heterocycles. The third-order valence-electron chi connectivity index (χ3n) is 4.92. The zero-order valence-corrected chi connectivity index (χ0v) is 17.5. The van der Waals surface area contributed by atoms with Gasteiger partial charge in [0.1, 0.15) is 11.5 Å². The van der Waals surface area contributed by atoms with Gasteiger partial charge >= 0.3 is 0 Å². The summed E-state index contributed by atoms with van der Waals surface area (Å²) in [4.78, 5) is 16.8. The molecule has 0 fully saturated rings. The van der Waals surface area contributed by atoms with Crippen LogP contribution in [-0.2, 0) is 6.54 Å². The number of methoxy groups -OCH3 is 1. The molecule has 31 heavy (non-hydrogen) atoms. The lowest BCUT2D eigenvalue weighted by atomic mass is 10.2. The van der Waals surface area contributed by atoms with Gasteiger partial charge in [0.25, 0.3) is 5.91 Å². The number of hydrazone groups is 1. The van der Waals surface area contributed by atoms with E-state index in [0.717, 1.165) is 29.9 Å². The Hall–Kier alpha value is -3.87. The van der Waals surface area contributed by atoms with Gasteiger partial charge in [0.05, 0.1) is 12.8 Å². The van der Waals surface area contributed by atoms with Crippen molar-refractivity contribution in [3.63, 3.8) is 0 Å². The van der Waals surface area contributed by atoms with Crippen molar-refractivity contribution >= 4 is 17.3 Å². The molecule has 3 aromatic rings. The number of hydrogen-bond acceptors (Lipinski definition) is 6. The van der Waals surface area contributed by atoms with Gasteiger partial charge in [0, 0.05) is 49.1 Å². The summed E-state index contributed by atoms with van der Waals surface area (Å²) in [6, 6.07) is 18.4. The van der Waals surface area contributed by atoms with Crippen LogP contribution in [0.2, 0.25) is 0 Å². The predicted octanol–water partition coefficient (Wildman–Crippen LogP) is 4.40. The Morgan fingerprint density at radius 2 is 1.90 bits per heavy atom. The second-order valence-electron chi connectivity index (χ2n) is 7.22. The predicted molar refractivity (Wildman–Crippen MR) is 120 cm³/mol. The first-order valence-corrected chi connectivity index (χ1v) is 10.1. The molecule has 7 nitrogen and oxygen atoms in total. The van der Waals surface area contributed by atoms with Gasteiger partial charge in [-0.1, -0.05) is 12.1 Å². The van der Waals surface area contributed by atoms with Crippen LogP contribution in [0.4, 0.5) is 5.69 Å². The molecule has 0 bridgehead atoms. The van der Waals surface area contributed by atoms with Crippen LogP contribution in [0, 0.1) is 0 Å². The van der Waals surface area contributed by atoms with E-state index in [1.807, 2.05) is 60.5 Å². The van der Waals surface area contributed by atoms with Crippen molar-refractivity contribution in [2.24, 2.45) is 5.10 Å². The van der Waals surface area contributed by atoms with Gasteiger partial charge in [0.15, 0.2) is 0 Å². The molecule has 1 aliphatic rings. The van der Waals surface area contributed by atoms with E-state index in [2.05, 4.69) is 15.4 Å². The summed E-state index contributed by atoms with van der Waals surface area (Å²) in [5.41, 5.74) is 3.60. The largest absolute Gasteiger partial charge is 0.497 e. The molecule has 1 amide bonds. The normalized spacial score (nSPS) is 13.0. The maximum atomic E-state index is 12.5. The lowest BCUT2D eigenvalue weighted by molar-refractivity contribution is 0.0951. The highest BCUT2D eigenvalue weighted by molar-refractivity contribution is 5.94. The van der Waals surface area contributed by atoms with E-state index in [9.17, 15) is 4.79 Å². The molecule has 0 atom stereocenters. The highest BCUT2D eigenvalue weighted by atomic mass is 16.5. The first-order valence-electron chi connectivity index (χ1n) is 10.1. The molecular formula is C24H24N4O3. The van der Waals surface area contributed by atoms with E-state index in [1.54, 1.807) is 25.4 Å². The summed E-state index contributed by atoms with van der Waals surface area (Å²) in [6.07, 6.45) is 2.66. The molecule has 158 valence electrons. The number of rotatable bonds is 7. The molecule has 2 aromatic carbocycles. The fourth-order valence-corrected chi connectivity index (χ4v) is 3.19. The molecule has 0 saturated carbocycles. The van der Waals surface area contributed by atoms with Crippen LogP contribution >= 0.6 is 0 Å². The van der Waals surface area contributed by atoms with Crippen LogP contribution < -0.4 is 19.8 Å². The molecule has 0 radical (unpaired) electrons. The monoisotopic (exact) mass is 416 g/mol. The van der Waals surface area contributed by atoms with Crippen LogP contribution in [0.1, 0.15) is 29.3 Å². The molecule has 1 aliphatic heterocycles. The van der Waals surface area contributed by atoms with Crippen LogP contribution in [0.15, 0.2) is 72.0 Å². The number of carbonyl (C=O) groups excluding carboxylic acids is 1. The van der Waals surface area contributed by atoms with E-state index >= 15 is 0 Å². The molecule has 7 heteroatoms. The van der Waals surface area contributed by atoms with Crippen molar-refractivity contribution in [3.8, 4) is 17.4 Å². The summed E-state index contributed by atoms with van der Waals surface area (Å²) in [7, 11) is 1.61. The zero-order valence-electron chi connectivity index (χ0n) is 17.5. The van der Waals surface area contributed by atoms with Crippen molar-refractivity contribution in [1.29, 1.82) is 0 Å². The van der Waals surface area contributed by atoms with Crippen molar-refractivity contribution in [2.45, 2.75) is 19.9 Å². The first kappa shape index (κ1) is 20.4. The Bertz CT molecular complexity index is 1080. The summed E-state index contributed by atoms with van der Waals surface area (Å²) < 4.78 is 10.9. The minimum absolute atomic E-state index is 0.135. The SMILES string of the molecule is COc1cccc(Oc2ccc(CNC(=O)c3ccc(N4CCC(C)=N4)cc3)cn2)c1. The molecule has 1 N–H and O–H groups in total. The molecule has 4 rings (SSSR count). The smallest absolute Gasteiger partial charge is 0.251 e. The van der Waals surface area contributed by atoms with Crippen molar-refractivity contribution in [3.05, 3.63) is 78.0 Å². The number of anilines is 1. The summed E-state index contributed by atoms with van der Waals surface area (Å²) in [5.74, 6) is 1.70. The minimum Gasteiger partial charge on any atom is -0.497 e. The molecule has 0 saturated heterocycles. The van der Waals surface area contributed by atoms with Gasteiger partial charge in [-0.05, 0) is 48.9 Å². The Balaban J connectivity index is 1.31. The number of pyridine rings is 1. The summed E-state index contributed by atoms with van der Waals surface area (Å²) in [6.45, 7) is 3.28. The number of benzene rings is 2. The number of aromatic nitrogens is 1. The summed E-state index contributed by atoms with van der Waals surface area (Å²) in [5, 5.41) is 9.35. The van der Waals surface area contributed by atoms with Crippen molar-refractivity contribution in [2.75, 3.05) is 18.7 Å². The number of nitrogens with zero attached hydrogens (tertiary/aromatic N) is 3. The fourth-order valence-electron chi connectivity index (χ4n) is 3.19. The van der Waals surface area contributed by atoms with Crippen LogP contribution in [0.25, 0.3) is 0 Å². The van der Waals surface area contributed by atoms with E-state index in [4.69, 9.17) is 9.47 Å². The lowest BCUT2D eigenvalue weighted by Crippen LogP contribution is -2.23. The second-order valence-corrected chi connectivity index (χ2v) is 7.22. The number of carbonyl (C=O) groups is 1. The fraction of sp³-hybridized carbons (Fsp3) is 0.208. The molecular weight excluding hydrogens is 392 g/mol. The van der Waals surface area contributed by atoms with Crippen molar-refractivity contribution < 1.29 is 14.3 Å². The second kappa shape index (κ2) is 9.30. The Labute approximate surface area is 181 Å². The Morgan fingerprint density at radius 1 is 1.10 bits per heavy atom. The van der Waals surface area contributed by atoms with E-state index in [1.165, 1.54) is 0 Å². The topological polar surface area (TPSA) is 76.1 Å². The zero-order chi connectivity index (χ0) is 21.6. The number of nitrogens with one attached hydrogen (secondary N) is 1. The molecule has 0 spiro atoms. The third-order valence-corrected chi connectivity index (χ3v) is 4.92. The molecule has 0 unspecified atom stereocenters. The average molecular weight is 416 g/mol. The maximum Gasteiger partial charge on any atom is 0.251 e. The van der Waals surface area contributed by atoms with Crippen LogP contribution in [0.3, 0.4) is 0 Å². The van der Waals surface area contributed by atoms with Crippen LogP contribution in [-0.4, -0.2) is 30.3 Å². The van der Waals surface area contributed by atoms with Crippen molar-refractivity contribution in [1.82, 2.24) is 10.3 Å². The van der Waals surface area contributed by atoms with Gasteiger partial charge in [0.2, 0.25) is 5.88 Å². The van der Waals surface area contributed by atoms with E-state index in [-0.39, 0.29) is 5.91 Å². The first-order chi connectivity index (χ1) is 15.1.